The van der Waals surface area contributed by atoms with Crippen LogP contribution in [0.25, 0.3) is 16.9 Å². The summed E-state index contributed by atoms with van der Waals surface area (Å²) in [5.41, 5.74) is 4.51. The summed E-state index contributed by atoms with van der Waals surface area (Å²) in [4.78, 5) is 15.3. The molecule has 1 aliphatic heterocycles. The van der Waals surface area contributed by atoms with E-state index in [1.165, 1.54) is 6.42 Å². The lowest BCUT2D eigenvalue weighted by Crippen LogP contribution is -2.35. The molecule has 0 saturated carbocycles. The van der Waals surface area contributed by atoms with Gasteiger partial charge in [-0.05, 0) is 62.1 Å². The number of carbonyl (C=O) groups excluding carboxylic acids is 1. The van der Waals surface area contributed by atoms with Gasteiger partial charge in [0, 0.05) is 23.8 Å². The van der Waals surface area contributed by atoms with Gasteiger partial charge in [0.25, 0.3) is 5.91 Å². The number of halogens is 1. The zero-order chi connectivity index (χ0) is 20.4. The van der Waals surface area contributed by atoms with Gasteiger partial charge in [0.2, 0.25) is 0 Å². The van der Waals surface area contributed by atoms with Crippen LogP contribution in [0.4, 0.5) is 0 Å². The van der Waals surface area contributed by atoms with Gasteiger partial charge >= 0.3 is 0 Å². The van der Waals surface area contributed by atoms with Crippen LogP contribution in [0.1, 0.15) is 35.3 Å². The van der Waals surface area contributed by atoms with Crippen LogP contribution in [0.3, 0.4) is 0 Å². The average molecular weight is 409 g/mol. The molecule has 0 aliphatic carbocycles. The van der Waals surface area contributed by atoms with Crippen molar-refractivity contribution in [3.63, 3.8) is 0 Å². The van der Waals surface area contributed by atoms with Crippen molar-refractivity contribution in [2.24, 2.45) is 0 Å². The summed E-state index contributed by atoms with van der Waals surface area (Å²) in [6.07, 6.45) is 3.34. The van der Waals surface area contributed by atoms with E-state index in [1.807, 2.05) is 66.4 Å². The first-order valence-corrected chi connectivity index (χ1v) is 10.4. The largest absolute Gasteiger partial charge is 0.495 e. The lowest BCUT2D eigenvalue weighted by atomic mass is 10.1. The summed E-state index contributed by atoms with van der Waals surface area (Å²) in [7, 11) is 1.67. The minimum atomic E-state index is 0.103. The molecule has 0 atom stereocenters. The third kappa shape index (κ3) is 3.77. The zero-order valence-electron chi connectivity index (χ0n) is 16.8. The normalized spacial score (nSPS) is 14.1. The van der Waals surface area contributed by atoms with Crippen LogP contribution < -0.4 is 4.74 Å². The van der Waals surface area contributed by atoms with Crippen molar-refractivity contribution in [1.29, 1.82) is 0 Å². The summed E-state index contributed by atoms with van der Waals surface area (Å²) in [5.74, 6) is 0.865. The van der Waals surface area contributed by atoms with E-state index in [1.54, 1.807) is 7.11 Å². The fourth-order valence-corrected chi connectivity index (χ4v) is 4.17. The highest BCUT2D eigenvalue weighted by atomic mass is 35.5. The Kier molecular flexibility index (Phi) is 5.63. The van der Waals surface area contributed by atoms with Crippen molar-refractivity contribution in [2.75, 3.05) is 20.2 Å². The lowest BCUT2D eigenvalue weighted by Gasteiger charge is -2.26. The van der Waals surface area contributed by atoms with Crippen LogP contribution in [-0.4, -0.2) is 35.6 Å². The summed E-state index contributed by atoms with van der Waals surface area (Å²) < 4.78 is 7.72. The summed E-state index contributed by atoms with van der Waals surface area (Å²) >= 11 is 6.10. The molecule has 150 valence electrons. The SMILES string of the molecule is COc1ccccc1-n1c(-c2ccc(Cl)cc2)cc(C(=O)N2CCCCC2)c1C. The van der Waals surface area contributed by atoms with E-state index in [0.717, 1.165) is 59.9 Å². The molecule has 2 heterocycles. The molecule has 0 N–H and O–H groups in total. The van der Waals surface area contributed by atoms with Crippen molar-refractivity contribution in [3.05, 3.63) is 70.9 Å². The highest BCUT2D eigenvalue weighted by Gasteiger charge is 2.25. The molecular formula is C24H25ClN2O2. The van der Waals surface area contributed by atoms with Crippen LogP contribution in [-0.2, 0) is 0 Å². The maximum absolute atomic E-state index is 13.3. The molecule has 2 aromatic carbocycles. The van der Waals surface area contributed by atoms with Crippen molar-refractivity contribution in [1.82, 2.24) is 9.47 Å². The number of carbonyl (C=O) groups is 1. The van der Waals surface area contributed by atoms with E-state index in [-0.39, 0.29) is 5.91 Å². The number of piperidine rings is 1. The van der Waals surface area contributed by atoms with Crippen molar-refractivity contribution < 1.29 is 9.53 Å². The van der Waals surface area contributed by atoms with Crippen LogP contribution in [0.5, 0.6) is 5.75 Å². The molecule has 3 aromatic rings. The maximum Gasteiger partial charge on any atom is 0.255 e. The number of likely N-dealkylation sites (tertiary alicyclic amines) is 1. The predicted molar refractivity (Wildman–Crippen MR) is 117 cm³/mol. The number of aromatic nitrogens is 1. The molecule has 1 aromatic heterocycles. The Balaban J connectivity index is 1.89. The summed E-state index contributed by atoms with van der Waals surface area (Å²) in [6, 6.07) is 17.6. The second-order valence-electron chi connectivity index (χ2n) is 7.40. The molecule has 0 bridgehead atoms. The number of ether oxygens (including phenoxy) is 1. The number of rotatable bonds is 4. The molecule has 0 spiro atoms. The fourth-order valence-electron chi connectivity index (χ4n) is 4.05. The van der Waals surface area contributed by atoms with Gasteiger partial charge < -0.3 is 14.2 Å². The maximum atomic E-state index is 13.3. The molecule has 5 heteroatoms. The average Bonchev–Trinajstić information content (AvgIpc) is 3.11. The number of hydrogen-bond donors (Lipinski definition) is 0. The van der Waals surface area contributed by atoms with Gasteiger partial charge in [-0.15, -0.1) is 0 Å². The molecule has 4 nitrogen and oxygen atoms in total. The second-order valence-corrected chi connectivity index (χ2v) is 7.83. The zero-order valence-corrected chi connectivity index (χ0v) is 17.6. The minimum absolute atomic E-state index is 0.103. The number of amides is 1. The molecule has 1 fully saturated rings. The minimum Gasteiger partial charge on any atom is -0.495 e. The highest BCUT2D eigenvalue weighted by Crippen LogP contribution is 2.34. The van der Waals surface area contributed by atoms with Crippen LogP contribution >= 0.6 is 11.6 Å². The number of para-hydroxylation sites is 2. The third-order valence-corrected chi connectivity index (χ3v) is 5.84. The summed E-state index contributed by atoms with van der Waals surface area (Å²) in [6.45, 7) is 3.66. The van der Waals surface area contributed by atoms with Gasteiger partial charge in [-0.3, -0.25) is 4.79 Å². The standard InChI is InChI=1S/C24H25ClN2O2/c1-17-20(24(28)26-14-6-3-7-15-26)16-22(18-10-12-19(25)13-11-18)27(17)21-8-4-5-9-23(21)29-2/h4-5,8-13,16H,3,6-7,14-15H2,1-2H3. The van der Waals surface area contributed by atoms with Gasteiger partial charge in [-0.2, -0.15) is 0 Å². The Morgan fingerprint density at radius 2 is 1.69 bits per heavy atom. The van der Waals surface area contributed by atoms with Gasteiger partial charge in [0.05, 0.1) is 24.1 Å². The van der Waals surface area contributed by atoms with E-state index in [2.05, 4.69) is 4.57 Å². The van der Waals surface area contributed by atoms with Crippen LogP contribution in [0, 0.1) is 6.92 Å². The van der Waals surface area contributed by atoms with Gasteiger partial charge in [-0.1, -0.05) is 35.9 Å². The highest BCUT2D eigenvalue weighted by molar-refractivity contribution is 6.30. The van der Waals surface area contributed by atoms with E-state index >= 15 is 0 Å². The monoisotopic (exact) mass is 408 g/mol. The Hall–Kier alpha value is -2.72. The van der Waals surface area contributed by atoms with E-state index < -0.39 is 0 Å². The molecule has 0 unspecified atom stereocenters. The Bertz CT molecular complexity index is 1020. The first-order chi connectivity index (χ1) is 14.1. The van der Waals surface area contributed by atoms with Gasteiger partial charge in [-0.25, -0.2) is 0 Å². The van der Waals surface area contributed by atoms with E-state index in [9.17, 15) is 4.79 Å². The lowest BCUT2D eigenvalue weighted by molar-refractivity contribution is 0.0723. The number of hydrogen-bond acceptors (Lipinski definition) is 2. The first kappa shape index (κ1) is 19.6. The number of methoxy groups -OCH3 is 1. The predicted octanol–water partition coefficient (Wildman–Crippen LogP) is 5.74. The molecule has 4 rings (SSSR count). The molecule has 1 saturated heterocycles. The number of nitrogens with zero attached hydrogens (tertiary/aromatic N) is 2. The first-order valence-electron chi connectivity index (χ1n) is 10.0. The van der Waals surface area contributed by atoms with Gasteiger partial charge in [0.15, 0.2) is 0 Å². The van der Waals surface area contributed by atoms with Crippen LogP contribution in [0.15, 0.2) is 54.6 Å². The Morgan fingerprint density at radius 1 is 1.00 bits per heavy atom. The van der Waals surface area contributed by atoms with Crippen LogP contribution in [0.2, 0.25) is 5.02 Å². The third-order valence-electron chi connectivity index (χ3n) is 5.59. The molecule has 29 heavy (non-hydrogen) atoms. The van der Waals surface area contributed by atoms with Crippen molar-refractivity contribution in [2.45, 2.75) is 26.2 Å². The Labute approximate surface area is 176 Å². The molecule has 1 amide bonds. The second kappa shape index (κ2) is 8.34. The fraction of sp³-hybridized carbons (Fsp3) is 0.292. The Morgan fingerprint density at radius 3 is 2.38 bits per heavy atom. The van der Waals surface area contributed by atoms with E-state index in [4.69, 9.17) is 16.3 Å². The van der Waals surface area contributed by atoms with Gasteiger partial charge in [0.1, 0.15) is 5.75 Å². The van der Waals surface area contributed by atoms with Crippen molar-refractivity contribution >= 4 is 17.5 Å². The number of benzene rings is 2. The molecular weight excluding hydrogens is 384 g/mol. The topological polar surface area (TPSA) is 34.5 Å². The van der Waals surface area contributed by atoms with Crippen molar-refractivity contribution in [3.8, 4) is 22.7 Å². The quantitative estimate of drug-likeness (QED) is 0.551. The smallest absolute Gasteiger partial charge is 0.255 e. The summed E-state index contributed by atoms with van der Waals surface area (Å²) in [5, 5.41) is 0.686. The van der Waals surface area contributed by atoms with E-state index in [0.29, 0.717) is 5.02 Å². The molecule has 0 radical (unpaired) electrons. The molecule has 1 aliphatic rings.